The van der Waals surface area contributed by atoms with Gasteiger partial charge in [0.05, 0.1) is 20.3 Å². The molecule has 0 spiro atoms. The van der Waals surface area contributed by atoms with Crippen molar-refractivity contribution in [3.8, 4) is 11.5 Å². The van der Waals surface area contributed by atoms with Crippen molar-refractivity contribution in [2.24, 2.45) is 0 Å². The normalized spacial score (nSPS) is 12.3. The summed E-state index contributed by atoms with van der Waals surface area (Å²) in [5, 5.41) is 2.98. The molecule has 0 aliphatic heterocycles. The molecule has 1 N–H and O–H groups in total. The lowest BCUT2D eigenvalue weighted by Crippen LogP contribution is -2.33. The molecule has 1 amide bonds. The number of methoxy groups -OCH3 is 2. The second-order valence-corrected chi connectivity index (χ2v) is 8.67. The van der Waals surface area contributed by atoms with Crippen LogP contribution in [0.1, 0.15) is 43.7 Å². The van der Waals surface area contributed by atoms with Crippen molar-refractivity contribution in [1.29, 1.82) is 0 Å². The average Bonchev–Trinajstić information content (AvgIpc) is 3.44. The fraction of sp³-hybridized carbons (Fsp3) is 0.280. The van der Waals surface area contributed by atoms with Crippen molar-refractivity contribution in [2.45, 2.75) is 25.3 Å². The number of benzene rings is 2. The quantitative estimate of drug-likeness (QED) is 0.517. The zero-order chi connectivity index (χ0) is 22.5. The van der Waals surface area contributed by atoms with E-state index in [4.69, 9.17) is 14.2 Å². The van der Waals surface area contributed by atoms with Crippen molar-refractivity contribution >= 4 is 23.2 Å². The predicted molar refractivity (Wildman–Crippen MR) is 123 cm³/mol. The third-order valence-corrected chi connectivity index (χ3v) is 6.70. The van der Waals surface area contributed by atoms with Crippen LogP contribution in [0.5, 0.6) is 11.5 Å². The highest BCUT2D eigenvalue weighted by Gasteiger charge is 2.22. The molecule has 0 unspecified atom stereocenters. The Labute approximate surface area is 191 Å². The van der Waals surface area contributed by atoms with Gasteiger partial charge in [0.1, 0.15) is 16.4 Å². The van der Waals surface area contributed by atoms with Crippen molar-refractivity contribution in [3.63, 3.8) is 0 Å². The molecule has 166 valence electrons. The van der Waals surface area contributed by atoms with Gasteiger partial charge in [0.15, 0.2) is 6.61 Å². The monoisotopic (exact) mass is 451 g/mol. The maximum Gasteiger partial charge on any atom is 0.348 e. The number of thiophene rings is 1. The molecule has 1 aromatic heterocycles. The lowest BCUT2D eigenvalue weighted by molar-refractivity contribution is -0.124. The summed E-state index contributed by atoms with van der Waals surface area (Å²) in [7, 11) is 3.21. The molecule has 0 saturated heterocycles. The number of fused-ring (bicyclic) bond motifs is 1. The van der Waals surface area contributed by atoms with E-state index in [2.05, 4.69) is 5.32 Å². The molecule has 4 rings (SSSR count). The van der Waals surface area contributed by atoms with Gasteiger partial charge in [0.2, 0.25) is 0 Å². The van der Waals surface area contributed by atoms with Crippen molar-refractivity contribution < 1.29 is 23.8 Å². The molecule has 0 radical (unpaired) electrons. The van der Waals surface area contributed by atoms with Crippen LogP contribution in [0.4, 0.5) is 0 Å². The number of hydrogen-bond donors (Lipinski definition) is 1. The number of hydrogen-bond acceptors (Lipinski definition) is 6. The second-order valence-electron chi connectivity index (χ2n) is 7.54. The van der Waals surface area contributed by atoms with Crippen molar-refractivity contribution in [1.82, 2.24) is 5.32 Å². The maximum absolute atomic E-state index is 12.7. The Bertz CT molecular complexity index is 1020. The van der Waals surface area contributed by atoms with E-state index < -0.39 is 12.0 Å². The number of esters is 1. The fourth-order valence-electron chi connectivity index (χ4n) is 3.79. The van der Waals surface area contributed by atoms with E-state index in [1.165, 1.54) is 21.8 Å². The van der Waals surface area contributed by atoms with Crippen LogP contribution in [0.15, 0.2) is 54.6 Å². The van der Waals surface area contributed by atoms with Gasteiger partial charge in [-0.3, -0.25) is 4.79 Å². The Morgan fingerprint density at radius 3 is 2.06 bits per heavy atom. The number of rotatable bonds is 8. The van der Waals surface area contributed by atoms with E-state index in [1.807, 2.05) is 54.6 Å². The third-order valence-electron chi connectivity index (χ3n) is 5.49. The van der Waals surface area contributed by atoms with Gasteiger partial charge in [0.25, 0.3) is 5.91 Å². The minimum atomic E-state index is -0.454. The molecule has 6 nitrogen and oxygen atoms in total. The van der Waals surface area contributed by atoms with Crippen LogP contribution in [0.3, 0.4) is 0 Å². The van der Waals surface area contributed by atoms with Crippen LogP contribution in [0.25, 0.3) is 0 Å². The van der Waals surface area contributed by atoms with Crippen LogP contribution in [-0.2, 0) is 22.4 Å². The van der Waals surface area contributed by atoms with E-state index in [9.17, 15) is 9.59 Å². The molecular formula is C25H25NO5S. The van der Waals surface area contributed by atoms with Gasteiger partial charge in [-0.2, -0.15) is 0 Å². The second kappa shape index (κ2) is 9.87. The van der Waals surface area contributed by atoms with Gasteiger partial charge in [-0.05, 0) is 66.3 Å². The highest BCUT2D eigenvalue weighted by molar-refractivity contribution is 7.14. The first kappa shape index (κ1) is 21.9. The largest absolute Gasteiger partial charge is 0.497 e. The first-order chi connectivity index (χ1) is 15.6. The van der Waals surface area contributed by atoms with Crippen LogP contribution in [-0.4, -0.2) is 32.7 Å². The van der Waals surface area contributed by atoms with Gasteiger partial charge in [-0.25, -0.2) is 4.79 Å². The van der Waals surface area contributed by atoms with E-state index >= 15 is 0 Å². The van der Waals surface area contributed by atoms with Crippen LogP contribution < -0.4 is 14.8 Å². The molecule has 0 saturated carbocycles. The molecular weight excluding hydrogens is 426 g/mol. The summed E-state index contributed by atoms with van der Waals surface area (Å²) in [6.07, 6.45) is 3.15. The Balaban J connectivity index is 1.45. The summed E-state index contributed by atoms with van der Waals surface area (Å²) in [4.78, 5) is 26.9. The molecule has 0 bridgehead atoms. The van der Waals surface area contributed by atoms with Gasteiger partial charge in [-0.15, -0.1) is 11.3 Å². The maximum atomic E-state index is 12.7. The first-order valence-electron chi connectivity index (χ1n) is 10.4. The SMILES string of the molecule is COc1ccc(C(NC(=O)COC(=O)c2cc3c(s2)CCC3)c2ccc(OC)cc2)cc1. The van der Waals surface area contributed by atoms with E-state index in [-0.39, 0.29) is 12.5 Å². The van der Waals surface area contributed by atoms with Crippen LogP contribution >= 0.6 is 11.3 Å². The van der Waals surface area contributed by atoms with Crippen molar-refractivity contribution in [2.75, 3.05) is 20.8 Å². The fourth-order valence-corrected chi connectivity index (χ4v) is 4.93. The standard InChI is InChI=1S/C25H25NO5S/c1-29-19-10-6-16(7-11-19)24(17-8-12-20(30-2)13-9-17)26-23(27)15-31-25(28)22-14-18-4-3-5-21(18)32-22/h6-14,24H,3-5,15H2,1-2H3,(H,26,27). The third kappa shape index (κ3) is 4.94. The molecule has 2 aromatic carbocycles. The van der Waals surface area contributed by atoms with Gasteiger partial charge in [0, 0.05) is 4.88 Å². The highest BCUT2D eigenvalue weighted by Crippen LogP contribution is 2.31. The van der Waals surface area contributed by atoms with Crippen LogP contribution in [0, 0.1) is 0 Å². The minimum Gasteiger partial charge on any atom is -0.497 e. The molecule has 0 atom stereocenters. The molecule has 0 fully saturated rings. The summed E-state index contributed by atoms with van der Waals surface area (Å²) < 4.78 is 15.8. The summed E-state index contributed by atoms with van der Waals surface area (Å²) in [5.41, 5.74) is 2.99. The summed E-state index contributed by atoms with van der Waals surface area (Å²) in [6.45, 7) is -0.343. The zero-order valence-corrected chi connectivity index (χ0v) is 18.9. The van der Waals surface area contributed by atoms with Crippen LogP contribution in [0.2, 0.25) is 0 Å². The topological polar surface area (TPSA) is 73.9 Å². The number of aryl methyl sites for hydroxylation is 2. The van der Waals surface area contributed by atoms with Gasteiger partial charge in [-0.1, -0.05) is 24.3 Å². The number of carbonyl (C=O) groups is 2. The zero-order valence-electron chi connectivity index (χ0n) is 18.1. The molecule has 3 aromatic rings. The summed E-state index contributed by atoms with van der Waals surface area (Å²) >= 11 is 1.47. The van der Waals surface area contributed by atoms with E-state index in [1.54, 1.807) is 14.2 Å². The van der Waals surface area contributed by atoms with E-state index in [0.717, 1.165) is 41.9 Å². The Kier molecular flexibility index (Phi) is 6.75. The summed E-state index contributed by atoms with van der Waals surface area (Å²) in [5.74, 6) is 0.625. The number of amides is 1. The number of nitrogens with one attached hydrogen (secondary N) is 1. The highest BCUT2D eigenvalue weighted by atomic mass is 32.1. The average molecular weight is 452 g/mol. The lowest BCUT2D eigenvalue weighted by atomic mass is 9.98. The van der Waals surface area contributed by atoms with Gasteiger partial charge < -0.3 is 19.5 Å². The first-order valence-corrected chi connectivity index (χ1v) is 11.2. The number of carbonyl (C=O) groups excluding carboxylic acids is 2. The Hall–Kier alpha value is -3.32. The molecule has 1 aliphatic rings. The Morgan fingerprint density at radius 1 is 0.938 bits per heavy atom. The lowest BCUT2D eigenvalue weighted by Gasteiger charge is -2.20. The molecule has 7 heteroatoms. The smallest absolute Gasteiger partial charge is 0.348 e. The van der Waals surface area contributed by atoms with Crippen molar-refractivity contribution in [3.05, 3.63) is 81.0 Å². The Morgan fingerprint density at radius 2 is 1.53 bits per heavy atom. The van der Waals surface area contributed by atoms with Gasteiger partial charge >= 0.3 is 5.97 Å². The molecule has 32 heavy (non-hydrogen) atoms. The molecule has 1 heterocycles. The summed E-state index contributed by atoms with van der Waals surface area (Å²) in [6, 6.07) is 16.4. The molecule has 1 aliphatic carbocycles. The minimum absolute atomic E-state index is 0.343. The number of ether oxygens (including phenoxy) is 3. The predicted octanol–water partition coefficient (Wildman–Crippen LogP) is 4.32. The van der Waals surface area contributed by atoms with E-state index in [0.29, 0.717) is 4.88 Å².